The van der Waals surface area contributed by atoms with E-state index in [-0.39, 0.29) is 39.5 Å². The second kappa shape index (κ2) is 7.07. The van der Waals surface area contributed by atoms with E-state index in [1.54, 1.807) is 18.2 Å². The van der Waals surface area contributed by atoms with Gasteiger partial charge in [0.15, 0.2) is 9.84 Å². The van der Waals surface area contributed by atoms with Crippen molar-refractivity contribution in [3.05, 3.63) is 29.3 Å². The van der Waals surface area contributed by atoms with E-state index in [1.165, 1.54) is 44.6 Å². The molecular weight excluding hydrogens is 382 g/mol. The number of hydrogen-bond acceptors (Lipinski definition) is 3. The summed E-state index contributed by atoms with van der Waals surface area (Å²) in [4.78, 5) is 12.6. The van der Waals surface area contributed by atoms with Crippen molar-refractivity contribution in [2.45, 2.75) is 62.8 Å². The molecule has 1 N–H and O–H groups in total. The van der Waals surface area contributed by atoms with Gasteiger partial charge in [0.1, 0.15) is 0 Å². The van der Waals surface area contributed by atoms with Crippen molar-refractivity contribution in [3.63, 3.8) is 0 Å². The molecule has 0 radical (unpaired) electrons. The molecule has 1 aromatic carbocycles. The van der Waals surface area contributed by atoms with E-state index >= 15 is 0 Å². The van der Waals surface area contributed by atoms with Gasteiger partial charge in [-0.1, -0.05) is 23.7 Å². The van der Waals surface area contributed by atoms with Crippen LogP contribution in [-0.4, -0.2) is 26.1 Å². The van der Waals surface area contributed by atoms with Crippen molar-refractivity contribution in [3.8, 4) is 0 Å². The lowest BCUT2D eigenvalue weighted by atomic mass is 9.48. The second-order valence-electron chi connectivity index (χ2n) is 9.07. The lowest BCUT2D eigenvalue weighted by Crippen LogP contribution is -2.55. The fourth-order valence-electron chi connectivity index (χ4n) is 6.21. The van der Waals surface area contributed by atoms with Crippen LogP contribution in [0.4, 0.5) is 0 Å². The Hall–Kier alpha value is -1.07. The predicted molar refractivity (Wildman–Crippen MR) is 106 cm³/mol. The zero-order valence-corrected chi connectivity index (χ0v) is 17.4. The zero-order valence-electron chi connectivity index (χ0n) is 15.8. The van der Waals surface area contributed by atoms with Gasteiger partial charge in [0.05, 0.1) is 15.7 Å². The average molecular weight is 410 g/mol. The molecule has 27 heavy (non-hydrogen) atoms. The number of amides is 1. The first kappa shape index (κ1) is 19.3. The molecular formula is C21H28ClNO3S. The lowest BCUT2D eigenvalue weighted by molar-refractivity contribution is -0.125. The monoisotopic (exact) mass is 409 g/mol. The predicted octanol–water partition coefficient (Wildman–Crippen LogP) is 4.22. The first-order valence-electron chi connectivity index (χ1n) is 10.0. The topological polar surface area (TPSA) is 63.2 Å². The molecule has 0 unspecified atom stereocenters. The Morgan fingerprint density at radius 1 is 1.15 bits per heavy atom. The third kappa shape index (κ3) is 3.77. The molecule has 5 rings (SSSR count). The molecule has 1 aromatic rings. The maximum absolute atomic E-state index is 12.5. The van der Waals surface area contributed by atoms with Crippen molar-refractivity contribution < 1.29 is 13.2 Å². The Morgan fingerprint density at radius 2 is 1.70 bits per heavy atom. The van der Waals surface area contributed by atoms with Gasteiger partial charge in [0, 0.05) is 12.5 Å². The molecule has 1 atom stereocenters. The van der Waals surface area contributed by atoms with Gasteiger partial charge in [0.25, 0.3) is 0 Å². The number of hydrogen-bond donors (Lipinski definition) is 1. The third-order valence-corrected chi connectivity index (χ3v) is 9.36. The van der Waals surface area contributed by atoms with Gasteiger partial charge in [-0.2, -0.15) is 0 Å². The molecule has 4 aliphatic carbocycles. The molecule has 0 aromatic heterocycles. The molecule has 1 amide bonds. The van der Waals surface area contributed by atoms with Crippen LogP contribution in [-0.2, 0) is 14.6 Å². The number of benzene rings is 1. The van der Waals surface area contributed by atoms with Gasteiger partial charge >= 0.3 is 0 Å². The Bertz CT molecular complexity index is 800. The second-order valence-corrected chi connectivity index (χ2v) is 11.6. The molecule has 4 aliphatic rings. The number of carbonyl (C=O) groups excluding carboxylic acids is 1. The van der Waals surface area contributed by atoms with Crippen LogP contribution in [0.15, 0.2) is 29.2 Å². The molecule has 148 valence electrons. The van der Waals surface area contributed by atoms with E-state index in [4.69, 9.17) is 11.6 Å². The van der Waals surface area contributed by atoms with Crippen LogP contribution in [0.2, 0.25) is 5.02 Å². The van der Waals surface area contributed by atoms with Gasteiger partial charge in [-0.25, -0.2) is 8.42 Å². The quantitative estimate of drug-likeness (QED) is 0.764. The summed E-state index contributed by atoms with van der Waals surface area (Å²) in [7, 11) is -3.56. The Kier molecular flexibility index (Phi) is 5.04. The number of nitrogens with one attached hydrogen (secondary N) is 1. The van der Waals surface area contributed by atoms with Gasteiger partial charge in [-0.15, -0.1) is 0 Å². The van der Waals surface area contributed by atoms with Crippen molar-refractivity contribution in [1.82, 2.24) is 5.32 Å². The minimum atomic E-state index is -3.56. The molecule has 0 heterocycles. The van der Waals surface area contributed by atoms with Gasteiger partial charge in [-0.3, -0.25) is 4.79 Å². The van der Waals surface area contributed by atoms with Crippen molar-refractivity contribution in [2.24, 2.45) is 23.2 Å². The Balaban J connectivity index is 1.36. The van der Waals surface area contributed by atoms with Crippen molar-refractivity contribution >= 4 is 27.3 Å². The average Bonchev–Trinajstić information content (AvgIpc) is 2.59. The fraction of sp³-hybridized carbons (Fsp3) is 0.667. The number of rotatable bonds is 6. The summed E-state index contributed by atoms with van der Waals surface area (Å²) >= 11 is 6.01. The SMILES string of the molecule is C[C@H](NC(=O)CCS(=O)(=O)c1ccccc1Cl)C12CC3CC(CC(C3)C1)C2. The number of halogens is 1. The first-order chi connectivity index (χ1) is 12.8. The fourth-order valence-corrected chi connectivity index (χ4v) is 8.02. The summed E-state index contributed by atoms with van der Waals surface area (Å²) in [5.41, 5.74) is 0.228. The largest absolute Gasteiger partial charge is 0.353 e. The third-order valence-electron chi connectivity index (χ3n) is 7.15. The van der Waals surface area contributed by atoms with Gasteiger partial charge < -0.3 is 5.32 Å². The van der Waals surface area contributed by atoms with Crippen LogP contribution in [0, 0.1) is 23.2 Å². The van der Waals surface area contributed by atoms with Crippen LogP contribution in [0.25, 0.3) is 0 Å². The summed E-state index contributed by atoms with van der Waals surface area (Å²) < 4.78 is 25.0. The molecule has 0 saturated heterocycles. The van der Waals surface area contributed by atoms with Crippen molar-refractivity contribution in [1.29, 1.82) is 0 Å². The van der Waals surface area contributed by atoms with E-state index in [1.807, 2.05) is 0 Å². The summed E-state index contributed by atoms with van der Waals surface area (Å²) in [5, 5.41) is 3.35. The van der Waals surface area contributed by atoms with E-state index in [0.29, 0.717) is 0 Å². The Labute approximate surface area is 167 Å². The van der Waals surface area contributed by atoms with Crippen LogP contribution in [0.1, 0.15) is 51.9 Å². The molecule has 0 spiro atoms. The van der Waals surface area contributed by atoms with Crippen molar-refractivity contribution in [2.75, 3.05) is 5.75 Å². The minimum absolute atomic E-state index is 0.0235. The molecule has 4 bridgehead atoms. The van der Waals surface area contributed by atoms with Crippen LogP contribution in [0.3, 0.4) is 0 Å². The highest BCUT2D eigenvalue weighted by Gasteiger charge is 2.53. The standard InChI is InChI=1S/C21H28ClNO3S/c1-14(21-11-15-8-16(12-21)10-17(9-15)13-21)23-20(24)6-7-27(25,26)19-5-3-2-4-18(19)22/h2-5,14-17H,6-13H2,1H3,(H,23,24)/t14-,15?,16?,17?,21?/m0/s1. The van der Waals surface area contributed by atoms with E-state index in [9.17, 15) is 13.2 Å². The molecule has 0 aliphatic heterocycles. The van der Waals surface area contributed by atoms with Crippen LogP contribution in [0.5, 0.6) is 0 Å². The Morgan fingerprint density at radius 3 is 2.26 bits per heavy atom. The number of sulfone groups is 1. The normalized spacial score (nSPS) is 33.0. The highest BCUT2D eigenvalue weighted by Crippen LogP contribution is 2.61. The highest BCUT2D eigenvalue weighted by molar-refractivity contribution is 7.91. The van der Waals surface area contributed by atoms with Gasteiger partial charge in [-0.05, 0) is 80.8 Å². The molecule has 4 saturated carbocycles. The molecule has 4 nitrogen and oxygen atoms in total. The lowest BCUT2D eigenvalue weighted by Gasteiger charge is -2.59. The highest BCUT2D eigenvalue weighted by atomic mass is 35.5. The van der Waals surface area contributed by atoms with E-state index < -0.39 is 9.84 Å². The van der Waals surface area contributed by atoms with Crippen LogP contribution < -0.4 is 5.32 Å². The summed E-state index contributed by atoms with van der Waals surface area (Å²) in [6, 6.07) is 6.51. The minimum Gasteiger partial charge on any atom is -0.353 e. The van der Waals surface area contributed by atoms with E-state index in [0.717, 1.165) is 17.8 Å². The maximum Gasteiger partial charge on any atom is 0.221 e. The zero-order chi connectivity index (χ0) is 19.2. The first-order valence-corrected chi connectivity index (χ1v) is 12.1. The smallest absolute Gasteiger partial charge is 0.221 e. The molecule has 4 fully saturated rings. The molecule has 6 heteroatoms. The summed E-state index contributed by atoms with van der Waals surface area (Å²) in [6.45, 7) is 2.12. The van der Waals surface area contributed by atoms with Gasteiger partial charge in [0.2, 0.25) is 5.91 Å². The summed E-state index contributed by atoms with van der Waals surface area (Å²) in [5.74, 6) is 2.10. The number of carbonyl (C=O) groups is 1. The maximum atomic E-state index is 12.5. The summed E-state index contributed by atoms with van der Waals surface area (Å²) in [6.07, 6.45) is 7.75. The van der Waals surface area contributed by atoms with E-state index in [2.05, 4.69) is 12.2 Å². The van der Waals surface area contributed by atoms with Crippen LogP contribution >= 0.6 is 11.6 Å².